The molecule has 1 aliphatic rings. The summed E-state index contributed by atoms with van der Waals surface area (Å²) in [5, 5.41) is 36.9. The molecule has 0 spiro atoms. The van der Waals surface area contributed by atoms with Gasteiger partial charge in [-0.3, -0.25) is 4.18 Å². The summed E-state index contributed by atoms with van der Waals surface area (Å²) in [6.07, 6.45) is -7.05. The first-order valence-corrected chi connectivity index (χ1v) is 6.26. The van der Waals surface area contributed by atoms with Gasteiger partial charge in [-0.15, -0.1) is 0 Å². The number of hydrogen-bond donors (Lipinski definition) is 4. The van der Waals surface area contributed by atoms with E-state index in [-0.39, 0.29) is 0 Å². The van der Waals surface area contributed by atoms with Gasteiger partial charge in [0.25, 0.3) is 10.1 Å². The number of rotatable bonds is 3. The second kappa shape index (κ2) is 4.92. The van der Waals surface area contributed by atoms with Gasteiger partial charge >= 0.3 is 0 Å². The van der Waals surface area contributed by atoms with Gasteiger partial charge in [0, 0.05) is 0 Å². The van der Waals surface area contributed by atoms with Crippen LogP contribution in [0.1, 0.15) is 0 Å². The first-order chi connectivity index (χ1) is 7.26. The van der Waals surface area contributed by atoms with E-state index >= 15 is 0 Å². The Labute approximate surface area is 92.2 Å². The van der Waals surface area contributed by atoms with Crippen molar-refractivity contribution in [2.24, 2.45) is 0 Å². The third-order valence-electron chi connectivity index (χ3n) is 2.13. The van der Waals surface area contributed by atoms with E-state index in [0.717, 1.165) is 6.26 Å². The highest BCUT2D eigenvalue weighted by molar-refractivity contribution is 7.86. The molecule has 1 heterocycles. The Balaban J connectivity index is 2.85. The molecule has 96 valence electrons. The first-order valence-electron chi connectivity index (χ1n) is 4.45. The molecular formula is C7H14O8S. The highest BCUT2D eigenvalue weighted by atomic mass is 32.2. The van der Waals surface area contributed by atoms with Crippen LogP contribution in [0.2, 0.25) is 0 Å². The van der Waals surface area contributed by atoms with Crippen LogP contribution in [0.15, 0.2) is 0 Å². The molecule has 0 radical (unpaired) electrons. The van der Waals surface area contributed by atoms with Crippen LogP contribution in [0.3, 0.4) is 0 Å². The Hall–Kier alpha value is -0.290. The van der Waals surface area contributed by atoms with Crippen LogP contribution >= 0.6 is 0 Å². The molecule has 1 saturated heterocycles. The topological polar surface area (TPSA) is 134 Å². The van der Waals surface area contributed by atoms with Crippen LogP contribution in [0.5, 0.6) is 0 Å². The standard InChI is InChI=1S/C7H14O8S/c1-16(12,13)15-6-4(9)3(2-8)14-7(11)5(6)10/h3-11H,2H2,1H3. The van der Waals surface area contributed by atoms with E-state index in [1.165, 1.54) is 0 Å². The monoisotopic (exact) mass is 258 g/mol. The molecule has 1 aliphatic heterocycles. The Kier molecular flexibility index (Phi) is 4.23. The van der Waals surface area contributed by atoms with Gasteiger partial charge in [0.2, 0.25) is 0 Å². The lowest BCUT2D eigenvalue weighted by Crippen LogP contribution is -2.59. The molecule has 0 bridgehead atoms. The highest BCUT2D eigenvalue weighted by Crippen LogP contribution is 2.23. The molecule has 1 fully saturated rings. The average Bonchev–Trinajstić information content (AvgIpc) is 2.17. The number of ether oxygens (including phenoxy) is 1. The molecule has 4 N–H and O–H groups in total. The quantitative estimate of drug-likeness (QED) is 0.388. The van der Waals surface area contributed by atoms with E-state index in [0.29, 0.717) is 0 Å². The zero-order chi connectivity index (χ0) is 12.5. The van der Waals surface area contributed by atoms with E-state index in [9.17, 15) is 23.7 Å². The number of hydrogen-bond acceptors (Lipinski definition) is 8. The summed E-state index contributed by atoms with van der Waals surface area (Å²) in [6, 6.07) is 0. The fraction of sp³-hybridized carbons (Fsp3) is 1.00. The summed E-state index contributed by atoms with van der Waals surface area (Å²) in [5.41, 5.74) is 0. The van der Waals surface area contributed by atoms with E-state index in [2.05, 4.69) is 8.92 Å². The zero-order valence-electron chi connectivity index (χ0n) is 8.42. The van der Waals surface area contributed by atoms with E-state index in [1.807, 2.05) is 0 Å². The Morgan fingerprint density at radius 2 is 1.81 bits per heavy atom. The molecule has 0 amide bonds. The van der Waals surface area contributed by atoms with E-state index < -0.39 is 47.4 Å². The third-order valence-corrected chi connectivity index (χ3v) is 2.70. The second-order valence-corrected chi connectivity index (χ2v) is 5.09. The zero-order valence-corrected chi connectivity index (χ0v) is 9.24. The molecule has 5 atom stereocenters. The number of aliphatic hydroxyl groups is 4. The van der Waals surface area contributed by atoms with Crippen molar-refractivity contribution in [1.29, 1.82) is 0 Å². The lowest BCUT2D eigenvalue weighted by Gasteiger charge is -2.39. The predicted octanol–water partition coefficient (Wildman–Crippen LogP) is -3.24. The van der Waals surface area contributed by atoms with Crippen molar-refractivity contribution < 1.29 is 37.8 Å². The van der Waals surface area contributed by atoms with Crippen molar-refractivity contribution in [3.63, 3.8) is 0 Å². The molecule has 0 saturated carbocycles. The molecule has 9 heteroatoms. The second-order valence-electron chi connectivity index (χ2n) is 3.49. The SMILES string of the molecule is CS(=O)(=O)OC1C(O)C(O)OC(CO)C1O. The third kappa shape index (κ3) is 3.10. The van der Waals surface area contributed by atoms with Gasteiger partial charge in [0.1, 0.15) is 24.4 Å². The lowest BCUT2D eigenvalue weighted by atomic mass is 9.99. The molecule has 1 rings (SSSR count). The molecule has 0 aromatic heterocycles. The van der Waals surface area contributed by atoms with E-state index in [4.69, 9.17) is 5.11 Å². The normalized spacial score (nSPS) is 40.9. The maximum absolute atomic E-state index is 10.9. The minimum Gasteiger partial charge on any atom is -0.394 e. The van der Waals surface area contributed by atoms with Crippen LogP contribution in [0, 0.1) is 0 Å². The molecular weight excluding hydrogens is 244 g/mol. The summed E-state index contributed by atoms with van der Waals surface area (Å²) in [4.78, 5) is 0. The van der Waals surface area contributed by atoms with Crippen LogP contribution < -0.4 is 0 Å². The van der Waals surface area contributed by atoms with Gasteiger partial charge in [-0.25, -0.2) is 0 Å². The summed E-state index contributed by atoms with van der Waals surface area (Å²) in [5.74, 6) is 0. The van der Waals surface area contributed by atoms with Gasteiger partial charge in [-0.05, 0) is 0 Å². The summed E-state index contributed by atoms with van der Waals surface area (Å²) in [6.45, 7) is -0.644. The molecule has 16 heavy (non-hydrogen) atoms. The van der Waals surface area contributed by atoms with Crippen molar-refractivity contribution in [1.82, 2.24) is 0 Å². The first kappa shape index (κ1) is 13.8. The summed E-state index contributed by atoms with van der Waals surface area (Å²) in [7, 11) is -3.91. The maximum Gasteiger partial charge on any atom is 0.264 e. The lowest BCUT2D eigenvalue weighted by molar-refractivity contribution is -0.281. The van der Waals surface area contributed by atoms with Crippen molar-refractivity contribution >= 4 is 10.1 Å². The van der Waals surface area contributed by atoms with Crippen LogP contribution in [-0.2, 0) is 19.0 Å². The maximum atomic E-state index is 10.9. The predicted molar refractivity (Wildman–Crippen MR) is 49.7 cm³/mol. The molecule has 5 unspecified atom stereocenters. The van der Waals surface area contributed by atoms with Crippen LogP contribution in [-0.4, -0.2) is 72.4 Å². The summed E-state index contributed by atoms with van der Waals surface area (Å²) < 4.78 is 30.8. The van der Waals surface area contributed by atoms with Gasteiger partial charge in [0.15, 0.2) is 6.29 Å². The molecule has 8 nitrogen and oxygen atoms in total. The Bertz CT molecular complexity index is 327. The highest BCUT2D eigenvalue weighted by Gasteiger charge is 2.46. The molecule has 0 aliphatic carbocycles. The van der Waals surface area contributed by atoms with Crippen molar-refractivity contribution in [2.75, 3.05) is 12.9 Å². The fourth-order valence-corrected chi connectivity index (χ4v) is 2.01. The van der Waals surface area contributed by atoms with Gasteiger partial charge in [-0.2, -0.15) is 8.42 Å². The van der Waals surface area contributed by atoms with Crippen molar-refractivity contribution in [3.8, 4) is 0 Å². The number of aliphatic hydroxyl groups excluding tert-OH is 4. The molecule has 0 aromatic carbocycles. The molecule has 0 aromatic rings. The van der Waals surface area contributed by atoms with Gasteiger partial charge in [-0.1, -0.05) is 0 Å². The van der Waals surface area contributed by atoms with Crippen LogP contribution in [0.25, 0.3) is 0 Å². The smallest absolute Gasteiger partial charge is 0.264 e. The van der Waals surface area contributed by atoms with Gasteiger partial charge in [0.05, 0.1) is 12.9 Å². The fourth-order valence-electron chi connectivity index (χ4n) is 1.38. The Morgan fingerprint density at radius 1 is 1.25 bits per heavy atom. The minimum absolute atomic E-state index is 0.644. The Morgan fingerprint density at radius 3 is 2.25 bits per heavy atom. The summed E-state index contributed by atoms with van der Waals surface area (Å²) >= 11 is 0. The van der Waals surface area contributed by atoms with Gasteiger partial charge < -0.3 is 25.2 Å². The minimum atomic E-state index is -3.91. The van der Waals surface area contributed by atoms with Crippen molar-refractivity contribution in [2.45, 2.75) is 30.7 Å². The van der Waals surface area contributed by atoms with Crippen molar-refractivity contribution in [3.05, 3.63) is 0 Å². The van der Waals surface area contributed by atoms with E-state index in [1.54, 1.807) is 0 Å². The largest absolute Gasteiger partial charge is 0.394 e. The average molecular weight is 258 g/mol. The van der Waals surface area contributed by atoms with Crippen LogP contribution in [0.4, 0.5) is 0 Å².